The van der Waals surface area contributed by atoms with Gasteiger partial charge in [0, 0.05) is 45.4 Å². The number of hydrogen-bond donors (Lipinski definition) is 0. The Kier molecular flexibility index (Phi) is 3.78. The second-order valence-corrected chi connectivity index (χ2v) is 5.97. The normalized spacial score (nSPS) is 35.0. The molecule has 0 aromatic heterocycles. The molecule has 0 N–H and O–H groups in total. The highest BCUT2D eigenvalue weighted by Gasteiger charge is 2.50. The van der Waals surface area contributed by atoms with Gasteiger partial charge in [-0.3, -0.25) is 9.69 Å². The number of likely N-dealkylation sites (tertiary alicyclic amines) is 2. The Bertz CT molecular complexity index is 344. The van der Waals surface area contributed by atoms with Crippen LogP contribution in [0.1, 0.15) is 25.7 Å². The first-order chi connectivity index (χ1) is 9.25. The van der Waals surface area contributed by atoms with E-state index in [4.69, 9.17) is 9.47 Å². The third-order valence-electron chi connectivity index (χ3n) is 4.93. The maximum atomic E-state index is 12.4. The molecular formula is C14H24N2O3. The highest BCUT2D eigenvalue weighted by molar-refractivity contribution is 5.81. The molecule has 1 amide bonds. The van der Waals surface area contributed by atoms with Crippen molar-refractivity contribution in [2.45, 2.75) is 37.3 Å². The van der Waals surface area contributed by atoms with Crippen LogP contribution in [0.4, 0.5) is 0 Å². The van der Waals surface area contributed by atoms with E-state index in [9.17, 15) is 4.79 Å². The van der Waals surface area contributed by atoms with E-state index in [-0.39, 0.29) is 17.6 Å². The van der Waals surface area contributed by atoms with Crippen LogP contribution in [0.2, 0.25) is 0 Å². The fourth-order valence-corrected chi connectivity index (χ4v) is 3.62. The molecule has 5 heteroatoms. The van der Waals surface area contributed by atoms with Gasteiger partial charge in [0.15, 0.2) is 0 Å². The molecule has 3 fully saturated rings. The van der Waals surface area contributed by atoms with Crippen molar-refractivity contribution >= 4 is 5.91 Å². The Hall–Kier alpha value is -0.650. The highest BCUT2D eigenvalue weighted by atomic mass is 16.5. The monoisotopic (exact) mass is 268 g/mol. The number of carbonyl (C=O) groups excluding carboxylic acids is 1. The highest BCUT2D eigenvalue weighted by Crippen LogP contribution is 2.39. The second kappa shape index (κ2) is 5.38. The van der Waals surface area contributed by atoms with Crippen molar-refractivity contribution in [3.05, 3.63) is 0 Å². The summed E-state index contributed by atoms with van der Waals surface area (Å²) < 4.78 is 10.7. The van der Waals surface area contributed by atoms with Gasteiger partial charge in [0.25, 0.3) is 5.91 Å². The van der Waals surface area contributed by atoms with Crippen molar-refractivity contribution in [3.8, 4) is 0 Å². The SMILES string of the molecule is COCCN1CC[C@]12CCN(C(=O)[C@H]1CCCO1)C2. The maximum Gasteiger partial charge on any atom is 0.251 e. The van der Waals surface area contributed by atoms with Crippen molar-refractivity contribution in [3.63, 3.8) is 0 Å². The summed E-state index contributed by atoms with van der Waals surface area (Å²) in [6, 6.07) is 0. The lowest BCUT2D eigenvalue weighted by atomic mass is 9.84. The Morgan fingerprint density at radius 2 is 2.26 bits per heavy atom. The van der Waals surface area contributed by atoms with Gasteiger partial charge in [-0.2, -0.15) is 0 Å². The van der Waals surface area contributed by atoms with Crippen molar-refractivity contribution < 1.29 is 14.3 Å². The van der Waals surface area contributed by atoms with Crippen LogP contribution in [0.5, 0.6) is 0 Å². The van der Waals surface area contributed by atoms with Gasteiger partial charge in [-0.25, -0.2) is 0 Å². The van der Waals surface area contributed by atoms with Gasteiger partial charge in [0.1, 0.15) is 6.10 Å². The molecule has 3 saturated heterocycles. The molecule has 19 heavy (non-hydrogen) atoms. The lowest BCUT2D eigenvalue weighted by Gasteiger charge is -2.50. The van der Waals surface area contributed by atoms with Crippen LogP contribution in [0.15, 0.2) is 0 Å². The minimum atomic E-state index is -0.164. The van der Waals surface area contributed by atoms with Crippen molar-refractivity contribution in [1.82, 2.24) is 9.80 Å². The Morgan fingerprint density at radius 3 is 2.89 bits per heavy atom. The van der Waals surface area contributed by atoms with E-state index >= 15 is 0 Å². The molecule has 5 nitrogen and oxygen atoms in total. The van der Waals surface area contributed by atoms with Gasteiger partial charge in [0.05, 0.1) is 6.61 Å². The van der Waals surface area contributed by atoms with Gasteiger partial charge in [0.2, 0.25) is 0 Å². The average molecular weight is 268 g/mol. The quantitative estimate of drug-likeness (QED) is 0.744. The number of amides is 1. The number of carbonyl (C=O) groups is 1. The van der Waals surface area contributed by atoms with Gasteiger partial charge in [-0.1, -0.05) is 0 Å². The Labute approximate surface area is 114 Å². The van der Waals surface area contributed by atoms with Crippen LogP contribution >= 0.6 is 0 Å². The maximum absolute atomic E-state index is 12.4. The summed E-state index contributed by atoms with van der Waals surface area (Å²) in [7, 11) is 1.74. The van der Waals surface area contributed by atoms with Crippen LogP contribution in [-0.2, 0) is 14.3 Å². The van der Waals surface area contributed by atoms with Crippen LogP contribution in [0, 0.1) is 0 Å². The van der Waals surface area contributed by atoms with Crippen LogP contribution < -0.4 is 0 Å². The predicted octanol–water partition coefficient (Wildman–Crippen LogP) is 0.489. The van der Waals surface area contributed by atoms with Crippen LogP contribution in [-0.4, -0.2) is 73.9 Å². The van der Waals surface area contributed by atoms with E-state index in [2.05, 4.69) is 4.90 Å². The molecule has 0 saturated carbocycles. The summed E-state index contributed by atoms with van der Waals surface area (Å²) >= 11 is 0. The lowest BCUT2D eigenvalue weighted by Crippen LogP contribution is -2.62. The largest absolute Gasteiger partial charge is 0.383 e. The molecule has 2 atom stereocenters. The van der Waals surface area contributed by atoms with Crippen LogP contribution in [0.3, 0.4) is 0 Å². The zero-order valence-electron chi connectivity index (χ0n) is 11.8. The minimum absolute atomic E-state index is 0.164. The Morgan fingerprint density at radius 1 is 1.42 bits per heavy atom. The second-order valence-electron chi connectivity index (χ2n) is 5.97. The van der Waals surface area contributed by atoms with Gasteiger partial charge >= 0.3 is 0 Å². The summed E-state index contributed by atoms with van der Waals surface area (Å²) in [5.41, 5.74) is 0.243. The van der Waals surface area contributed by atoms with E-state index in [1.807, 2.05) is 4.90 Å². The van der Waals surface area contributed by atoms with E-state index in [0.717, 1.165) is 58.7 Å². The van der Waals surface area contributed by atoms with E-state index in [0.29, 0.717) is 0 Å². The fraction of sp³-hybridized carbons (Fsp3) is 0.929. The summed E-state index contributed by atoms with van der Waals surface area (Å²) in [5, 5.41) is 0. The minimum Gasteiger partial charge on any atom is -0.383 e. The molecule has 0 aliphatic carbocycles. The topological polar surface area (TPSA) is 42.0 Å². The zero-order chi connectivity index (χ0) is 13.3. The lowest BCUT2D eigenvalue weighted by molar-refractivity contribution is -0.141. The molecule has 108 valence electrons. The molecule has 0 unspecified atom stereocenters. The predicted molar refractivity (Wildman–Crippen MR) is 71.0 cm³/mol. The molecule has 3 rings (SSSR count). The molecule has 3 aliphatic rings. The van der Waals surface area contributed by atoms with E-state index in [1.54, 1.807) is 7.11 Å². The summed E-state index contributed by atoms with van der Waals surface area (Å²) in [5.74, 6) is 0.216. The summed E-state index contributed by atoms with van der Waals surface area (Å²) in [6.45, 7) is 5.43. The molecule has 1 spiro atoms. The van der Waals surface area contributed by atoms with E-state index in [1.165, 1.54) is 6.42 Å². The summed E-state index contributed by atoms with van der Waals surface area (Å²) in [4.78, 5) is 16.9. The third-order valence-corrected chi connectivity index (χ3v) is 4.93. The molecule has 0 radical (unpaired) electrons. The zero-order valence-corrected chi connectivity index (χ0v) is 11.8. The fourth-order valence-electron chi connectivity index (χ4n) is 3.62. The number of nitrogens with zero attached hydrogens (tertiary/aromatic N) is 2. The van der Waals surface area contributed by atoms with Crippen LogP contribution in [0.25, 0.3) is 0 Å². The number of ether oxygens (including phenoxy) is 2. The smallest absolute Gasteiger partial charge is 0.251 e. The number of rotatable bonds is 4. The van der Waals surface area contributed by atoms with Gasteiger partial charge < -0.3 is 14.4 Å². The molecule has 3 aliphatic heterocycles. The molecular weight excluding hydrogens is 244 g/mol. The molecule has 3 heterocycles. The Balaban J connectivity index is 1.56. The first-order valence-corrected chi connectivity index (χ1v) is 7.40. The number of methoxy groups -OCH3 is 1. The van der Waals surface area contributed by atoms with Crippen molar-refractivity contribution in [2.24, 2.45) is 0 Å². The first kappa shape index (κ1) is 13.3. The first-order valence-electron chi connectivity index (χ1n) is 7.40. The van der Waals surface area contributed by atoms with Crippen molar-refractivity contribution in [1.29, 1.82) is 0 Å². The molecule has 0 aromatic rings. The van der Waals surface area contributed by atoms with Gasteiger partial charge in [-0.15, -0.1) is 0 Å². The average Bonchev–Trinajstić information content (AvgIpc) is 3.08. The summed E-state index contributed by atoms with van der Waals surface area (Å²) in [6.07, 6.45) is 4.08. The third kappa shape index (κ3) is 2.39. The number of hydrogen-bond acceptors (Lipinski definition) is 4. The standard InChI is InChI=1S/C14H24N2O3/c1-18-10-8-16-7-5-14(16)4-6-15(11-14)13(17)12-3-2-9-19-12/h12H,2-11H2,1H3/t12-,14+/m1/s1. The molecule has 0 aromatic carbocycles. The van der Waals surface area contributed by atoms with E-state index < -0.39 is 0 Å². The van der Waals surface area contributed by atoms with Gasteiger partial charge in [-0.05, 0) is 25.7 Å². The molecule has 0 bridgehead atoms. The van der Waals surface area contributed by atoms with Crippen molar-refractivity contribution in [2.75, 3.05) is 46.5 Å².